The summed E-state index contributed by atoms with van der Waals surface area (Å²) in [5.74, 6) is 1.15. The molecule has 0 bridgehead atoms. The van der Waals surface area contributed by atoms with Gasteiger partial charge in [-0.1, -0.05) is 50.5 Å². The molecule has 0 aromatic heterocycles. The molecule has 160 valence electrons. The number of fused-ring (bicyclic) bond motifs is 2. The standard InChI is InChI=1S/C24H34O5/c1-2-3-4-7-18(26)9-10-20-21-11-16-6-5-8-24(29-15-19(27)14-25)22(16)12-17(21)13-23(20)28/h5-6,8-10,17-18,20-21,23,25-26,28H,2-4,7,11-15H2,1H3/b10-9+/t17-,18-,20+,21-,23+/m0/s1. The van der Waals surface area contributed by atoms with E-state index in [0.717, 1.165) is 50.5 Å². The predicted octanol–water partition coefficient (Wildman–Crippen LogP) is 2.84. The first-order valence-corrected chi connectivity index (χ1v) is 10.9. The van der Waals surface area contributed by atoms with Crippen molar-refractivity contribution in [3.05, 3.63) is 41.5 Å². The van der Waals surface area contributed by atoms with Crippen molar-refractivity contribution in [2.75, 3.05) is 13.2 Å². The third-order valence-corrected chi connectivity index (χ3v) is 6.46. The van der Waals surface area contributed by atoms with Gasteiger partial charge in [-0.05, 0) is 54.7 Å². The third-order valence-electron chi connectivity index (χ3n) is 6.46. The highest BCUT2D eigenvalue weighted by Gasteiger charge is 2.44. The minimum absolute atomic E-state index is 0.0644. The van der Waals surface area contributed by atoms with Crippen LogP contribution in [-0.2, 0) is 17.6 Å². The van der Waals surface area contributed by atoms with Crippen molar-refractivity contribution in [1.82, 2.24) is 0 Å². The molecule has 1 fully saturated rings. The Hall–Kier alpha value is -1.69. The maximum atomic E-state index is 11.4. The highest BCUT2D eigenvalue weighted by molar-refractivity contribution is 5.80. The molecule has 0 heterocycles. The molecular weight excluding hydrogens is 368 g/mol. The van der Waals surface area contributed by atoms with E-state index in [1.807, 2.05) is 24.3 Å². The van der Waals surface area contributed by atoms with Crippen LogP contribution in [0, 0.1) is 17.8 Å². The number of carbonyl (C=O) groups excluding carboxylic acids is 1. The number of unbranched alkanes of at least 4 members (excludes halogenated alkanes) is 2. The van der Waals surface area contributed by atoms with Gasteiger partial charge in [0.15, 0.2) is 5.78 Å². The Labute approximate surface area is 173 Å². The van der Waals surface area contributed by atoms with Gasteiger partial charge < -0.3 is 20.1 Å². The molecule has 0 amide bonds. The van der Waals surface area contributed by atoms with Gasteiger partial charge in [-0.15, -0.1) is 0 Å². The summed E-state index contributed by atoms with van der Waals surface area (Å²) in [5.41, 5.74) is 2.33. The van der Waals surface area contributed by atoms with E-state index < -0.39 is 18.8 Å². The Morgan fingerprint density at radius 3 is 2.90 bits per heavy atom. The highest BCUT2D eigenvalue weighted by atomic mass is 16.5. The predicted molar refractivity (Wildman–Crippen MR) is 112 cm³/mol. The van der Waals surface area contributed by atoms with Gasteiger partial charge in [0.2, 0.25) is 0 Å². The minimum Gasteiger partial charge on any atom is -0.485 e. The van der Waals surface area contributed by atoms with E-state index in [9.17, 15) is 15.0 Å². The second kappa shape index (κ2) is 10.4. The molecule has 3 rings (SSSR count). The van der Waals surface area contributed by atoms with Gasteiger partial charge >= 0.3 is 0 Å². The zero-order valence-electron chi connectivity index (χ0n) is 17.3. The number of aliphatic hydroxyl groups is 3. The Kier molecular flexibility index (Phi) is 7.87. The molecule has 0 aliphatic heterocycles. The second-order valence-corrected chi connectivity index (χ2v) is 8.54. The van der Waals surface area contributed by atoms with E-state index in [2.05, 4.69) is 13.0 Å². The van der Waals surface area contributed by atoms with Crippen molar-refractivity contribution in [1.29, 1.82) is 0 Å². The summed E-state index contributed by atoms with van der Waals surface area (Å²) in [6, 6.07) is 5.90. The van der Waals surface area contributed by atoms with Gasteiger partial charge in [-0.2, -0.15) is 0 Å². The van der Waals surface area contributed by atoms with Crippen molar-refractivity contribution < 1.29 is 24.9 Å². The van der Waals surface area contributed by atoms with E-state index in [1.54, 1.807) is 0 Å². The average Bonchev–Trinajstić information content (AvgIpc) is 3.02. The maximum Gasteiger partial charge on any atom is 0.195 e. The zero-order valence-corrected chi connectivity index (χ0v) is 17.3. The molecule has 1 aromatic rings. The maximum absolute atomic E-state index is 11.4. The van der Waals surface area contributed by atoms with Crippen molar-refractivity contribution in [3.8, 4) is 5.75 Å². The monoisotopic (exact) mass is 402 g/mol. The smallest absolute Gasteiger partial charge is 0.195 e. The van der Waals surface area contributed by atoms with Crippen LogP contribution in [0.5, 0.6) is 5.75 Å². The molecule has 5 heteroatoms. The highest BCUT2D eigenvalue weighted by Crippen LogP contribution is 2.47. The van der Waals surface area contributed by atoms with Crippen LogP contribution in [0.1, 0.15) is 50.2 Å². The van der Waals surface area contributed by atoms with Gasteiger partial charge in [0, 0.05) is 5.92 Å². The van der Waals surface area contributed by atoms with Crippen molar-refractivity contribution in [2.24, 2.45) is 17.8 Å². The summed E-state index contributed by atoms with van der Waals surface area (Å²) in [6.07, 6.45) is 9.59. The van der Waals surface area contributed by atoms with Crippen molar-refractivity contribution in [3.63, 3.8) is 0 Å². The summed E-state index contributed by atoms with van der Waals surface area (Å²) in [5, 5.41) is 29.8. The summed E-state index contributed by atoms with van der Waals surface area (Å²) in [6.45, 7) is 1.52. The van der Waals surface area contributed by atoms with Crippen LogP contribution < -0.4 is 4.74 Å². The number of ether oxygens (including phenoxy) is 1. The van der Waals surface area contributed by atoms with E-state index in [4.69, 9.17) is 9.84 Å². The lowest BCUT2D eigenvalue weighted by molar-refractivity contribution is -0.123. The lowest BCUT2D eigenvalue weighted by Gasteiger charge is -2.31. The van der Waals surface area contributed by atoms with Crippen LogP contribution in [-0.4, -0.2) is 46.5 Å². The number of hydrogen-bond donors (Lipinski definition) is 3. The van der Waals surface area contributed by atoms with E-state index in [-0.39, 0.29) is 18.3 Å². The molecular formula is C24H34O5. The van der Waals surface area contributed by atoms with E-state index in [0.29, 0.717) is 17.6 Å². The molecule has 29 heavy (non-hydrogen) atoms. The van der Waals surface area contributed by atoms with Gasteiger partial charge in [0.1, 0.15) is 19.0 Å². The van der Waals surface area contributed by atoms with Crippen LogP contribution in [0.3, 0.4) is 0 Å². The first-order chi connectivity index (χ1) is 14.0. The molecule has 5 nitrogen and oxygen atoms in total. The normalized spacial score (nSPS) is 26.9. The first-order valence-electron chi connectivity index (χ1n) is 10.9. The molecule has 5 atom stereocenters. The van der Waals surface area contributed by atoms with Crippen LogP contribution in [0.25, 0.3) is 0 Å². The zero-order chi connectivity index (χ0) is 20.8. The summed E-state index contributed by atoms with van der Waals surface area (Å²) in [4.78, 5) is 11.4. The molecule has 2 aliphatic rings. The quantitative estimate of drug-likeness (QED) is 0.414. The molecule has 3 N–H and O–H groups in total. The first kappa shape index (κ1) is 22.0. The molecule has 2 aliphatic carbocycles. The SMILES string of the molecule is CCCCC[C@H](O)/C=C/[C@@H]1[C@H]2Cc3cccc(OCC(=O)CO)c3C[C@H]2C[C@H]1O. The fourth-order valence-corrected chi connectivity index (χ4v) is 4.90. The van der Waals surface area contributed by atoms with Gasteiger partial charge in [0.25, 0.3) is 0 Å². The molecule has 0 saturated heterocycles. The Bertz CT molecular complexity index is 713. The van der Waals surface area contributed by atoms with Gasteiger partial charge in [-0.25, -0.2) is 0 Å². The topological polar surface area (TPSA) is 87.0 Å². The molecule has 0 spiro atoms. The van der Waals surface area contributed by atoms with Crippen LogP contribution in [0.15, 0.2) is 30.4 Å². The number of Topliss-reactive ketones (excluding diaryl/α,β-unsaturated/α-hetero) is 1. The van der Waals surface area contributed by atoms with E-state index in [1.165, 1.54) is 5.56 Å². The van der Waals surface area contributed by atoms with Crippen LogP contribution >= 0.6 is 0 Å². The number of hydrogen-bond acceptors (Lipinski definition) is 5. The van der Waals surface area contributed by atoms with Crippen LogP contribution in [0.4, 0.5) is 0 Å². The fourth-order valence-electron chi connectivity index (χ4n) is 4.90. The summed E-state index contributed by atoms with van der Waals surface area (Å²) in [7, 11) is 0. The summed E-state index contributed by atoms with van der Waals surface area (Å²) < 4.78 is 5.67. The average molecular weight is 403 g/mol. The number of aliphatic hydroxyl groups excluding tert-OH is 3. The Morgan fingerprint density at radius 1 is 1.31 bits per heavy atom. The third kappa shape index (κ3) is 5.47. The van der Waals surface area contributed by atoms with Crippen molar-refractivity contribution in [2.45, 2.75) is 64.1 Å². The Morgan fingerprint density at radius 2 is 2.14 bits per heavy atom. The molecule has 1 aromatic carbocycles. The van der Waals surface area contributed by atoms with Crippen LogP contribution in [0.2, 0.25) is 0 Å². The van der Waals surface area contributed by atoms with Crippen molar-refractivity contribution >= 4 is 5.78 Å². The number of benzene rings is 1. The summed E-state index contributed by atoms with van der Waals surface area (Å²) >= 11 is 0. The van der Waals surface area contributed by atoms with Gasteiger partial charge in [0.05, 0.1) is 12.2 Å². The van der Waals surface area contributed by atoms with Gasteiger partial charge in [-0.3, -0.25) is 4.79 Å². The number of rotatable bonds is 10. The lowest BCUT2D eigenvalue weighted by atomic mass is 9.74. The number of carbonyl (C=O) groups is 1. The number of ketones is 1. The van der Waals surface area contributed by atoms with E-state index >= 15 is 0 Å². The molecule has 0 unspecified atom stereocenters. The largest absolute Gasteiger partial charge is 0.485 e. The minimum atomic E-state index is -0.510. The Balaban J connectivity index is 1.68. The fraction of sp³-hybridized carbons (Fsp3) is 0.625. The molecule has 0 radical (unpaired) electrons. The lowest BCUT2D eigenvalue weighted by Crippen LogP contribution is -2.26. The second-order valence-electron chi connectivity index (χ2n) is 8.54. The molecule has 1 saturated carbocycles.